The fraction of sp³-hybridized carbons (Fsp3) is 0.467. The number of carbonyl (C=O) groups is 1. The van der Waals surface area contributed by atoms with Crippen LogP contribution in [-0.2, 0) is 0 Å². The number of amides is 1. The normalized spacial score (nSPS) is 17.5. The van der Waals surface area contributed by atoms with Crippen LogP contribution in [0.2, 0.25) is 0 Å². The monoisotopic (exact) mass is 273 g/mol. The molecule has 0 aromatic heterocycles. The Kier molecular flexibility index (Phi) is 4.59. The third-order valence-corrected chi connectivity index (χ3v) is 3.67. The molecule has 5 heteroatoms. The highest BCUT2D eigenvalue weighted by molar-refractivity contribution is 5.94. The molecule has 1 fully saturated rings. The van der Waals surface area contributed by atoms with Gasteiger partial charge >= 0.3 is 0 Å². The predicted octanol–water partition coefficient (Wildman–Crippen LogP) is 1.45. The second-order valence-corrected chi connectivity index (χ2v) is 4.93. The van der Waals surface area contributed by atoms with Gasteiger partial charge in [0.05, 0.1) is 12.1 Å². The number of carbonyl (C=O) groups excluding carboxylic acids is 1. The third-order valence-electron chi connectivity index (χ3n) is 3.67. The van der Waals surface area contributed by atoms with E-state index in [1.165, 1.54) is 6.07 Å². The standard InChI is InChI=1S/C15H19N3O2/c1-2-13(11-16)17-6-8-18(9-7-17)15(20)12-4-3-5-14(19)10-12/h3-5,10,13,19H,2,6-9H2,1H3. The van der Waals surface area contributed by atoms with Gasteiger partial charge < -0.3 is 10.0 Å². The van der Waals surface area contributed by atoms with Crippen LogP contribution in [0.3, 0.4) is 0 Å². The summed E-state index contributed by atoms with van der Waals surface area (Å²) in [5.74, 6) is 0.0376. The Morgan fingerprint density at radius 2 is 2.10 bits per heavy atom. The number of hydrogen-bond donors (Lipinski definition) is 1. The Morgan fingerprint density at radius 3 is 2.65 bits per heavy atom. The van der Waals surface area contributed by atoms with E-state index in [9.17, 15) is 9.90 Å². The topological polar surface area (TPSA) is 67.6 Å². The molecule has 1 aliphatic rings. The molecule has 1 unspecified atom stereocenters. The van der Waals surface area contributed by atoms with Crippen LogP contribution in [0, 0.1) is 11.3 Å². The largest absolute Gasteiger partial charge is 0.508 e. The van der Waals surface area contributed by atoms with Crippen LogP contribution in [-0.4, -0.2) is 53.0 Å². The van der Waals surface area contributed by atoms with E-state index in [-0.39, 0.29) is 17.7 Å². The first kappa shape index (κ1) is 14.4. The van der Waals surface area contributed by atoms with Crippen molar-refractivity contribution >= 4 is 5.91 Å². The van der Waals surface area contributed by atoms with Crippen LogP contribution >= 0.6 is 0 Å². The van der Waals surface area contributed by atoms with Gasteiger partial charge in [-0.05, 0) is 24.6 Å². The van der Waals surface area contributed by atoms with Crippen molar-refractivity contribution in [3.05, 3.63) is 29.8 Å². The van der Waals surface area contributed by atoms with Gasteiger partial charge in [-0.3, -0.25) is 9.69 Å². The highest BCUT2D eigenvalue weighted by Gasteiger charge is 2.25. The Hall–Kier alpha value is -2.06. The smallest absolute Gasteiger partial charge is 0.254 e. The van der Waals surface area contributed by atoms with E-state index in [1.54, 1.807) is 23.1 Å². The van der Waals surface area contributed by atoms with Gasteiger partial charge in [-0.25, -0.2) is 0 Å². The summed E-state index contributed by atoms with van der Waals surface area (Å²) in [5.41, 5.74) is 0.505. The summed E-state index contributed by atoms with van der Waals surface area (Å²) in [7, 11) is 0. The molecule has 2 rings (SSSR count). The molecule has 1 aliphatic heterocycles. The molecule has 0 spiro atoms. The first-order chi connectivity index (χ1) is 9.65. The van der Waals surface area contributed by atoms with E-state index in [0.717, 1.165) is 19.5 Å². The summed E-state index contributed by atoms with van der Waals surface area (Å²) in [5, 5.41) is 18.5. The number of aromatic hydroxyl groups is 1. The van der Waals surface area contributed by atoms with Crippen molar-refractivity contribution in [1.29, 1.82) is 5.26 Å². The summed E-state index contributed by atoms with van der Waals surface area (Å²) in [6.45, 7) is 4.67. The lowest BCUT2D eigenvalue weighted by molar-refractivity contribution is 0.0604. The van der Waals surface area contributed by atoms with Crippen LogP contribution in [0.5, 0.6) is 5.75 Å². The van der Waals surface area contributed by atoms with Crippen molar-refractivity contribution in [2.45, 2.75) is 19.4 Å². The average molecular weight is 273 g/mol. The number of hydrogen-bond acceptors (Lipinski definition) is 4. The van der Waals surface area contributed by atoms with Gasteiger partial charge in [0.15, 0.2) is 0 Å². The van der Waals surface area contributed by atoms with Crippen LogP contribution in [0.4, 0.5) is 0 Å². The zero-order chi connectivity index (χ0) is 14.5. The summed E-state index contributed by atoms with van der Waals surface area (Å²) in [6, 6.07) is 8.64. The molecule has 0 saturated carbocycles. The van der Waals surface area contributed by atoms with Gasteiger partial charge in [0.2, 0.25) is 0 Å². The van der Waals surface area contributed by atoms with Crippen molar-refractivity contribution in [2.75, 3.05) is 26.2 Å². The third kappa shape index (κ3) is 3.09. The minimum absolute atomic E-state index is 0.0620. The Morgan fingerprint density at radius 1 is 1.40 bits per heavy atom. The highest BCUT2D eigenvalue weighted by atomic mass is 16.3. The van der Waals surface area contributed by atoms with Crippen LogP contribution in [0.15, 0.2) is 24.3 Å². The number of benzene rings is 1. The Labute approximate surface area is 119 Å². The highest BCUT2D eigenvalue weighted by Crippen LogP contribution is 2.15. The lowest BCUT2D eigenvalue weighted by atomic mass is 10.1. The number of nitrogens with zero attached hydrogens (tertiary/aromatic N) is 3. The molecule has 5 nitrogen and oxygen atoms in total. The molecule has 0 aliphatic carbocycles. The number of phenolic OH excluding ortho intramolecular Hbond substituents is 1. The Balaban J connectivity index is 1.97. The van der Waals surface area contributed by atoms with Crippen molar-refractivity contribution in [3.8, 4) is 11.8 Å². The lowest BCUT2D eigenvalue weighted by Crippen LogP contribution is -2.51. The molecule has 1 saturated heterocycles. The Bertz CT molecular complexity index is 516. The van der Waals surface area contributed by atoms with Crippen molar-refractivity contribution in [2.24, 2.45) is 0 Å². The molecule has 1 heterocycles. The zero-order valence-corrected chi connectivity index (χ0v) is 11.6. The molecule has 1 amide bonds. The second-order valence-electron chi connectivity index (χ2n) is 4.93. The second kappa shape index (κ2) is 6.40. The maximum Gasteiger partial charge on any atom is 0.254 e. The molecule has 20 heavy (non-hydrogen) atoms. The van der Waals surface area contributed by atoms with Gasteiger partial charge in [-0.2, -0.15) is 5.26 Å². The molecular weight excluding hydrogens is 254 g/mol. The summed E-state index contributed by atoms with van der Waals surface area (Å²) in [4.78, 5) is 16.2. The molecule has 0 radical (unpaired) electrons. The lowest BCUT2D eigenvalue weighted by Gasteiger charge is -2.36. The number of piperazine rings is 1. The molecule has 106 valence electrons. The van der Waals surface area contributed by atoms with E-state index >= 15 is 0 Å². The molecular formula is C15H19N3O2. The van der Waals surface area contributed by atoms with Gasteiger partial charge in [-0.15, -0.1) is 0 Å². The quantitative estimate of drug-likeness (QED) is 0.905. The minimum Gasteiger partial charge on any atom is -0.508 e. The molecule has 1 atom stereocenters. The zero-order valence-electron chi connectivity index (χ0n) is 11.6. The van der Waals surface area contributed by atoms with E-state index in [2.05, 4.69) is 11.0 Å². The van der Waals surface area contributed by atoms with Crippen molar-refractivity contribution < 1.29 is 9.90 Å². The number of phenols is 1. The summed E-state index contributed by atoms with van der Waals surface area (Å²) < 4.78 is 0. The maximum absolute atomic E-state index is 12.3. The van der Waals surface area contributed by atoms with Crippen LogP contribution in [0.1, 0.15) is 23.7 Å². The first-order valence-electron chi connectivity index (χ1n) is 6.87. The minimum atomic E-state index is -0.0643. The molecule has 1 N–H and O–H groups in total. The van der Waals surface area contributed by atoms with Crippen LogP contribution < -0.4 is 0 Å². The molecule has 0 bridgehead atoms. The van der Waals surface area contributed by atoms with Gasteiger partial charge in [0.1, 0.15) is 5.75 Å². The van der Waals surface area contributed by atoms with Crippen molar-refractivity contribution in [1.82, 2.24) is 9.80 Å². The van der Waals surface area contributed by atoms with E-state index < -0.39 is 0 Å². The van der Waals surface area contributed by atoms with Crippen molar-refractivity contribution in [3.63, 3.8) is 0 Å². The van der Waals surface area contributed by atoms with E-state index in [4.69, 9.17) is 5.26 Å². The molecule has 1 aromatic rings. The van der Waals surface area contributed by atoms with E-state index in [0.29, 0.717) is 18.7 Å². The summed E-state index contributed by atoms with van der Waals surface area (Å²) >= 11 is 0. The van der Waals surface area contributed by atoms with Gasteiger partial charge in [0, 0.05) is 31.7 Å². The van der Waals surface area contributed by atoms with Crippen LogP contribution in [0.25, 0.3) is 0 Å². The SMILES string of the molecule is CCC(C#N)N1CCN(C(=O)c2cccc(O)c2)CC1. The average Bonchev–Trinajstić information content (AvgIpc) is 2.48. The molecule has 1 aromatic carbocycles. The van der Waals surface area contributed by atoms with E-state index in [1.807, 2.05) is 6.92 Å². The van der Waals surface area contributed by atoms with Gasteiger partial charge in [-0.1, -0.05) is 13.0 Å². The fourth-order valence-corrected chi connectivity index (χ4v) is 2.49. The first-order valence-corrected chi connectivity index (χ1v) is 6.87. The number of nitriles is 1. The van der Waals surface area contributed by atoms with Gasteiger partial charge in [0.25, 0.3) is 5.91 Å². The summed E-state index contributed by atoms with van der Waals surface area (Å²) in [6.07, 6.45) is 0.803. The fourth-order valence-electron chi connectivity index (χ4n) is 2.49. The predicted molar refractivity (Wildman–Crippen MR) is 75.3 cm³/mol. The number of rotatable bonds is 3. The maximum atomic E-state index is 12.3.